The molecular weight excluding hydrogens is 360 g/mol. The Hall–Kier alpha value is -3.60. The number of imidazole rings is 1. The van der Waals surface area contributed by atoms with Crippen LogP contribution in [0.4, 0.5) is 10.5 Å². The van der Waals surface area contributed by atoms with Gasteiger partial charge in [-0.15, -0.1) is 0 Å². The van der Waals surface area contributed by atoms with E-state index in [1.807, 2.05) is 60.7 Å². The summed E-state index contributed by atoms with van der Waals surface area (Å²) in [6.45, 7) is 3.21. The predicted octanol–water partition coefficient (Wildman–Crippen LogP) is 5.09. The van der Waals surface area contributed by atoms with Gasteiger partial charge in [-0.25, -0.2) is 9.78 Å². The van der Waals surface area contributed by atoms with E-state index in [4.69, 9.17) is 4.98 Å². The maximum atomic E-state index is 12.4. The molecule has 2 N–H and O–H groups in total. The molecule has 29 heavy (non-hydrogen) atoms. The van der Waals surface area contributed by atoms with E-state index in [1.165, 1.54) is 0 Å². The van der Waals surface area contributed by atoms with E-state index in [0.29, 0.717) is 13.1 Å². The van der Waals surface area contributed by atoms with E-state index in [2.05, 4.69) is 40.3 Å². The molecule has 0 radical (unpaired) electrons. The molecule has 0 aliphatic carbocycles. The summed E-state index contributed by atoms with van der Waals surface area (Å²) in [5, 5.41) is 5.92. The van der Waals surface area contributed by atoms with Crippen molar-refractivity contribution in [2.24, 2.45) is 0 Å². The van der Waals surface area contributed by atoms with Gasteiger partial charge in [0.05, 0.1) is 11.0 Å². The van der Waals surface area contributed by atoms with Crippen molar-refractivity contribution >= 4 is 22.8 Å². The highest BCUT2D eigenvalue weighted by Crippen LogP contribution is 2.24. The highest BCUT2D eigenvalue weighted by Gasteiger charge is 2.12. The number of rotatable bonds is 6. The van der Waals surface area contributed by atoms with Crippen LogP contribution < -0.4 is 10.6 Å². The largest absolute Gasteiger partial charge is 0.336 e. The van der Waals surface area contributed by atoms with Gasteiger partial charge in [0.15, 0.2) is 0 Å². The second kappa shape index (κ2) is 8.61. The fourth-order valence-electron chi connectivity index (χ4n) is 3.51. The molecule has 4 aromatic rings. The van der Waals surface area contributed by atoms with Gasteiger partial charge in [0.1, 0.15) is 5.82 Å². The first-order chi connectivity index (χ1) is 14.3. The Labute approximate surface area is 170 Å². The normalized spacial score (nSPS) is 10.8. The number of carbonyl (C=O) groups excluding carboxylic acids is 1. The summed E-state index contributed by atoms with van der Waals surface area (Å²) < 4.78 is 2.16. The lowest BCUT2D eigenvalue weighted by Gasteiger charge is -2.13. The number of amides is 2. The third kappa shape index (κ3) is 4.14. The Kier molecular flexibility index (Phi) is 5.56. The van der Waals surface area contributed by atoms with Gasteiger partial charge in [-0.1, -0.05) is 67.6 Å². The van der Waals surface area contributed by atoms with Gasteiger partial charge >= 0.3 is 6.03 Å². The second-order valence-corrected chi connectivity index (χ2v) is 6.83. The zero-order valence-electron chi connectivity index (χ0n) is 16.4. The molecular formula is C24H24N4O. The molecule has 3 aromatic carbocycles. The van der Waals surface area contributed by atoms with Crippen molar-refractivity contribution in [3.63, 3.8) is 0 Å². The first-order valence-corrected chi connectivity index (χ1v) is 9.89. The van der Waals surface area contributed by atoms with Crippen LogP contribution in [0.1, 0.15) is 12.5 Å². The molecule has 0 spiro atoms. The summed E-state index contributed by atoms with van der Waals surface area (Å²) in [5.74, 6) is 0.908. The average Bonchev–Trinajstić information content (AvgIpc) is 3.13. The van der Waals surface area contributed by atoms with Crippen molar-refractivity contribution in [3.8, 4) is 11.4 Å². The summed E-state index contributed by atoms with van der Waals surface area (Å²) >= 11 is 0. The maximum Gasteiger partial charge on any atom is 0.319 e. The van der Waals surface area contributed by atoms with E-state index in [0.717, 1.165) is 40.1 Å². The molecule has 1 heterocycles. The molecule has 0 fully saturated rings. The molecule has 0 saturated carbocycles. The molecule has 0 bridgehead atoms. The summed E-state index contributed by atoms with van der Waals surface area (Å²) in [6.07, 6.45) is 0.873. The number of hydrogen-bond acceptors (Lipinski definition) is 2. The Balaban J connectivity index is 1.49. The lowest BCUT2D eigenvalue weighted by Crippen LogP contribution is -2.31. The number of benzene rings is 3. The number of anilines is 1. The lowest BCUT2D eigenvalue weighted by atomic mass is 10.1. The summed E-state index contributed by atoms with van der Waals surface area (Å²) in [5.41, 5.74) is 5.04. The lowest BCUT2D eigenvalue weighted by molar-refractivity contribution is 0.251. The highest BCUT2D eigenvalue weighted by molar-refractivity contribution is 5.90. The Morgan fingerprint density at radius 3 is 2.48 bits per heavy atom. The van der Waals surface area contributed by atoms with Crippen LogP contribution in [0.5, 0.6) is 0 Å². The first-order valence-electron chi connectivity index (χ1n) is 9.89. The van der Waals surface area contributed by atoms with Crippen LogP contribution in [0, 0.1) is 0 Å². The van der Waals surface area contributed by atoms with Gasteiger partial charge in [-0.3, -0.25) is 0 Å². The zero-order chi connectivity index (χ0) is 20.1. The summed E-state index contributed by atoms with van der Waals surface area (Å²) in [6, 6.07) is 25.9. The first kappa shape index (κ1) is 18.7. The quantitative estimate of drug-likeness (QED) is 0.487. The van der Waals surface area contributed by atoms with Crippen molar-refractivity contribution in [1.29, 1.82) is 0 Å². The van der Waals surface area contributed by atoms with Crippen molar-refractivity contribution < 1.29 is 4.79 Å². The molecule has 4 rings (SSSR count). The van der Waals surface area contributed by atoms with Gasteiger partial charge < -0.3 is 15.2 Å². The minimum absolute atomic E-state index is 0.198. The number of hydrogen-bond donors (Lipinski definition) is 2. The van der Waals surface area contributed by atoms with Crippen LogP contribution >= 0.6 is 0 Å². The van der Waals surface area contributed by atoms with E-state index in [-0.39, 0.29) is 6.03 Å². The van der Waals surface area contributed by atoms with E-state index in [1.54, 1.807) is 0 Å². The molecule has 5 heteroatoms. The smallest absolute Gasteiger partial charge is 0.319 e. The second-order valence-electron chi connectivity index (χ2n) is 6.83. The molecule has 5 nitrogen and oxygen atoms in total. The van der Waals surface area contributed by atoms with Crippen molar-refractivity contribution in [1.82, 2.24) is 14.9 Å². The highest BCUT2D eigenvalue weighted by atomic mass is 16.2. The molecule has 0 aliphatic rings. The van der Waals surface area contributed by atoms with E-state index in [9.17, 15) is 4.79 Å². The minimum atomic E-state index is -0.198. The number of fused-ring (bicyclic) bond motifs is 1. The number of aryl methyl sites for hydroxylation is 1. The standard InChI is InChI=1S/C24H24N4O/c1-2-18-10-6-7-13-20(18)27-24(29)25-16-17-28-22-15-9-8-14-21(22)26-23(28)19-11-4-3-5-12-19/h3-15H,2,16-17H2,1H3,(H2,25,27,29). The Morgan fingerprint density at radius 1 is 0.931 bits per heavy atom. The van der Waals surface area contributed by atoms with Crippen LogP contribution in [-0.4, -0.2) is 22.1 Å². The van der Waals surface area contributed by atoms with Crippen LogP contribution in [0.3, 0.4) is 0 Å². The minimum Gasteiger partial charge on any atom is -0.336 e. The van der Waals surface area contributed by atoms with Crippen molar-refractivity contribution in [3.05, 3.63) is 84.4 Å². The van der Waals surface area contributed by atoms with Gasteiger partial charge in [0.2, 0.25) is 0 Å². The molecule has 0 saturated heterocycles. The molecule has 146 valence electrons. The molecule has 2 amide bonds. The zero-order valence-corrected chi connectivity index (χ0v) is 16.4. The van der Waals surface area contributed by atoms with Crippen molar-refractivity contribution in [2.45, 2.75) is 19.9 Å². The third-order valence-electron chi connectivity index (χ3n) is 4.95. The average molecular weight is 384 g/mol. The van der Waals surface area contributed by atoms with Crippen LogP contribution in [0.2, 0.25) is 0 Å². The number of carbonyl (C=O) groups is 1. The fraction of sp³-hybridized carbons (Fsp3) is 0.167. The van der Waals surface area contributed by atoms with Gasteiger partial charge in [-0.05, 0) is 30.2 Å². The molecule has 0 unspecified atom stereocenters. The van der Waals surface area contributed by atoms with Gasteiger partial charge in [-0.2, -0.15) is 0 Å². The van der Waals surface area contributed by atoms with E-state index < -0.39 is 0 Å². The van der Waals surface area contributed by atoms with Crippen LogP contribution in [0.15, 0.2) is 78.9 Å². The number of nitrogens with zero attached hydrogens (tertiary/aromatic N) is 2. The summed E-state index contributed by atoms with van der Waals surface area (Å²) in [7, 11) is 0. The van der Waals surface area contributed by atoms with Gasteiger partial charge in [0, 0.05) is 24.3 Å². The SMILES string of the molecule is CCc1ccccc1NC(=O)NCCn1c(-c2ccccc2)nc2ccccc21. The predicted molar refractivity (Wildman–Crippen MR) is 118 cm³/mol. The maximum absolute atomic E-state index is 12.4. The number of urea groups is 1. The van der Waals surface area contributed by atoms with Crippen LogP contribution in [0.25, 0.3) is 22.4 Å². The Morgan fingerprint density at radius 2 is 1.66 bits per heavy atom. The third-order valence-corrected chi connectivity index (χ3v) is 4.95. The summed E-state index contributed by atoms with van der Waals surface area (Å²) in [4.78, 5) is 17.2. The number of aromatic nitrogens is 2. The Bertz CT molecular complexity index is 1120. The van der Waals surface area contributed by atoms with Crippen LogP contribution in [-0.2, 0) is 13.0 Å². The number of para-hydroxylation sites is 3. The molecule has 1 aromatic heterocycles. The fourth-order valence-corrected chi connectivity index (χ4v) is 3.51. The molecule has 0 atom stereocenters. The molecule has 0 aliphatic heterocycles. The van der Waals surface area contributed by atoms with Gasteiger partial charge in [0.25, 0.3) is 0 Å². The van der Waals surface area contributed by atoms with E-state index >= 15 is 0 Å². The monoisotopic (exact) mass is 384 g/mol. The number of nitrogens with one attached hydrogen (secondary N) is 2. The topological polar surface area (TPSA) is 59.0 Å². The van der Waals surface area contributed by atoms with Crippen molar-refractivity contribution in [2.75, 3.05) is 11.9 Å².